The smallest absolute Gasteiger partial charge is 0.279 e. The molecule has 0 fully saturated rings. The van der Waals surface area contributed by atoms with Crippen LogP contribution in [0.3, 0.4) is 0 Å². The molecule has 0 bridgehead atoms. The molecule has 0 spiro atoms. The molecule has 4 rings (SSSR count). The predicted octanol–water partition coefficient (Wildman–Crippen LogP) is 3.05. The van der Waals surface area contributed by atoms with Gasteiger partial charge in [-0.15, -0.1) is 6.42 Å². The van der Waals surface area contributed by atoms with Gasteiger partial charge in [-0.05, 0) is 19.1 Å². The van der Waals surface area contributed by atoms with E-state index < -0.39 is 5.91 Å². The summed E-state index contributed by atoms with van der Waals surface area (Å²) in [5, 5.41) is 0. The van der Waals surface area contributed by atoms with Crippen molar-refractivity contribution in [3.8, 4) is 23.8 Å². The number of benzene rings is 2. The summed E-state index contributed by atoms with van der Waals surface area (Å²) < 4.78 is 14.0. The summed E-state index contributed by atoms with van der Waals surface area (Å²) in [7, 11) is 0. The summed E-state index contributed by atoms with van der Waals surface area (Å²) in [6.07, 6.45) is 5.52. The lowest BCUT2D eigenvalue weighted by molar-refractivity contribution is 0.0991. The highest BCUT2D eigenvalue weighted by atomic mass is 32.1. The predicted molar refractivity (Wildman–Crippen MR) is 106 cm³/mol. The Labute approximate surface area is 165 Å². The maximum atomic E-state index is 12.6. The van der Waals surface area contributed by atoms with E-state index in [9.17, 15) is 9.59 Å². The molecule has 28 heavy (non-hydrogen) atoms. The fraction of sp³-hybridized carbons (Fsp3) is 0.190. The van der Waals surface area contributed by atoms with Crippen molar-refractivity contribution in [2.45, 2.75) is 13.5 Å². The van der Waals surface area contributed by atoms with Crippen LogP contribution in [0.25, 0.3) is 10.2 Å². The van der Waals surface area contributed by atoms with E-state index in [2.05, 4.69) is 10.9 Å². The van der Waals surface area contributed by atoms with Crippen LogP contribution < -0.4 is 14.3 Å². The van der Waals surface area contributed by atoms with Crippen LogP contribution >= 0.6 is 11.3 Å². The van der Waals surface area contributed by atoms with Gasteiger partial charge in [-0.25, -0.2) is 0 Å². The molecular formula is C21H16N2O4S. The largest absolute Gasteiger partial charge is 0.486 e. The third kappa shape index (κ3) is 3.30. The molecule has 2 heterocycles. The zero-order valence-corrected chi connectivity index (χ0v) is 15.9. The monoisotopic (exact) mass is 392 g/mol. The number of aromatic nitrogens is 1. The van der Waals surface area contributed by atoms with Gasteiger partial charge in [0.25, 0.3) is 5.91 Å². The fourth-order valence-corrected chi connectivity index (χ4v) is 3.97. The van der Waals surface area contributed by atoms with Crippen LogP contribution in [0.1, 0.15) is 27.6 Å². The fourth-order valence-electron chi connectivity index (χ4n) is 2.93. The van der Waals surface area contributed by atoms with Crippen molar-refractivity contribution in [1.82, 2.24) is 4.57 Å². The van der Waals surface area contributed by atoms with Gasteiger partial charge in [-0.3, -0.25) is 9.59 Å². The highest BCUT2D eigenvalue weighted by molar-refractivity contribution is 7.16. The summed E-state index contributed by atoms with van der Waals surface area (Å²) in [4.78, 5) is 28.8. The number of amides is 1. The Morgan fingerprint density at radius 1 is 1.14 bits per heavy atom. The molecule has 0 N–H and O–H groups in total. The van der Waals surface area contributed by atoms with E-state index in [0.29, 0.717) is 40.6 Å². The van der Waals surface area contributed by atoms with Crippen LogP contribution in [-0.2, 0) is 6.54 Å². The molecule has 2 aromatic carbocycles. The van der Waals surface area contributed by atoms with Crippen molar-refractivity contribution in [3.63, 3.8) is 0 Å². The van der Waals surface area contributed by atoms with E-state index in [4.69, 9.17) is 15.9 Å². The van der Waals surface area contributed by atoms with Gasteiger partial charge in [-0.1, -0.05) is 29.4 Å². The number of ether oxygens (including phenoxy) is 2. The summed E-state index contributed by atoms with van der Waals surface area (Å²) in [5.41, 5.74) is 1.79. The molecule has 0 saturated carbocycles. The number of carbonyl (C=O) groups is 2. The Bertz CT molecular complexity index is 1200. The van der Waals surface area contributed by atoms with Gasteiger partial charge in [0, 0.05) is 23.3 Å². The van der Waals surface area contributed by atoms with Crippen LogP contribution in [0.2, 0.25) is 0 Å². The minimum atomic E-state index is -0.398. The zero-order chi connectivity index (χ0) is 19.7. The second kappa shape index (κ2) is 7.33. The van der Waals surface area contributed by atoms with E-state index in [-0.39, 0.29) is 12.3 Å². The number of fused-ring (bicyclic) bond motifs is 2. The number of hydrogen-bond donors (Lipinski definition) is 0. The second-order valence-electron chi connectivity index (χ2n) is 6.19. The number of nitrogens with zero attached hydrogens (tertiary/aromatic N) is 2. The molecule has 1 aromatic heterocycles. The van der Waals surface area contributed by atoms with Crippen molar-refractivity contribution in [2.75, 3.05) is 13.2 Å². The highest BCUT2D eigenvalue weighted by Crippen LogP contribution is 2.35. The average Bonchev–Trinajstić information content (AvgIpc) is 3.02. The molecule has 0 aliphatic carbocycles. The molecule has 1 aliphatic heterocycles. The van der Waals surface area contributed by atoms with Crippen LogP contribution in [0.4, 0.5) is 0 Å². The number of terminal acetylenes is 1. The third-order valence-electron chi connectivity index (χ3n) is 4.33. The van der Waals surface area contributed by atoms with Gasteiger partial charge in [0.1, 0.15) is 13.2 Å². The van der Waals surface area contributed by atoms with Gasteiger partial charge in [0.15, 0.2) is 22.1 Å². The lowest BCUT2D eigenvalue weighted by Crippen LogP contribution is -2.17. The molecular weight excluding hydrogens is 376 g/mol. The van der Waals surface area contributed by atoms with E-state index in [0.717, 1.165) is 10.2 Å². The van der Waals surface area contributed by atoms with E-state index in [1.807, 2.05) is 12.1 Å². The molecule has 140 valence electrons. The first-order chi connectivity index (χ1) is 13.6. The molecule has 6 nitrogen and oxygen atoms in total. The number of carbonyl (C=O) groups excluding carboxylic acids is 2. The Hall–Kier alpha value is -3.37. The van der Waals surface area contributed by atoms with E-state index >= 15 is 0 Å². The maximum Gasteiger partial charge on any atom is 0.279 e. The standard InChI is InChI=1S/C21H16N2O4S/c1-3-8-23-16-11-17-18(27-10-9-26-17)12-19(16)28-21(23)22-20(25)15-6-4-14(5-7-15)13(2)24/h1,4-7,11-12H,8-10H2,2H3. The molecule has 1 amide bonds. The first kappa shape index (κ1) is 18.0. The SMILES string of the molecule is C#CCn1c(=NC(=O)c2ccc(C(C)=O)cc2)sc2cc3c(cc21)OCCO3. The zero-order valence-electron chi connectivity index (χ0n) is 15.1. The van der Waals surface area contributed by atoms with Crippen molar-refractivity contribution in [2.24, 2.45) is 4.99 Å². The lowest BCUT2D eigenvalue weighted by atomic mass is 10.1. The number of hydrogen-bond acceptors (Lipinski definition) is 5. The molecule has 3 aromatic rings. The Balaban J connectivity index is 1.80. The van der Waals surface area contributed by atoms with Crippen LogP contribution in [0.5, 0.6) is 11.5 Å². The maximum absolute atomic E-state index is 12.6. The Morgan fingerprint density at radius 3 is 2.43 bits per heavy atom. The van der Waals surface area contributed by atoms with Crippen LogP contribution in [-0.4, -0.2) is 29.5 Å². The van der Waals surface area contributed by atoms with E-state index in [1.165, 1.54) is 18.3 Å². The summed E-state index contributed by atoms with van der Waals surface area (Å²) in [5.74, 6) is 3.48. The quantitative estimate of drug-likeness (QED) is 0.507. The molecule has 0 unspecified atom stereocenters. The average molecular weight is 392 g/mol. The first-order valence-corrected chi connectivity index (χ1v) is 9.45. The van der Waals surface area contributed by atoms with Gasteiger partial charge >= 0.3 is 0 Å². The highest BCUT2D eigenvalue weighted by Gasteiger charge is 2.17. The van der Waals surface area contributed by atoms with Gasteiger partial charge < -0.3 is 14.0 Å². The lowest BCUT2D eigenvalue weighted by Gasteiger charge is -2.18. The molecule has 0 saturated heterocycles. The minimum absolute atomic E-state index is 0.0549. The van der Waals surface area contributed by atoms with Crippen LogP contribution in [0, 0.1) is 12.3 Å². The van der Waals surface area contributed by atoms with Crippen LogP contribution in [0.15, 0.2) is 41.4 Å². The number of Topliss-reactive ketones (excluding diaryl/α,β-unsaturated/α-hetero) is 1. The van der Waals surface area contributed by atoms with E-state index in [1.54, 1.807) is 28.8 Å². The summed E-state index contributed by atoms with van der Waals surface area (Å²) >= 11 is 1.36. The number of ketones is 1. The molecule has 0 radical (unpaired) electrons. The van der Waals surface area contributed by atoms with Crippen molar-refractivity contribution in [1.29, 1.82) is 0 Å². The Morgan fingerprint density at radius 2 is 1.79 bits per heavy atom. The Kier molecular flexibility index (Phi) is 4.72. The third-order valence-corrected chi connectivity index (χ3v) is 5.37. The molecule has 0 atom stereocenters. The second-order valence-corrected chi connectivity index (χ2v) is 7.20. The summed E-state index contributed by atoms with van der Waals surface area (Å²) in [6.45, 7) is 2.74. The molecule has 7 heteroatoms. The molecule has 1 aliphatic rings. The first-order valence-electron chi connectivity index (χ1n) is 8.63. The minimum Gasteiger partial charge on any atom is -0.486 e. The topological polar surface area (TPSA) is 69.9 Å². The summed E-state index contributed by atoms with van der Waals surface area (Å²) in [6, 6.07) is 10.2. The van der Waals surface area contributed by atoms with Crippen molar-refractivity contribution >= 4 is 33.2 Å². The number of rotatable bonds is 3. The van der Waals surface area contributed by atoms with Gasteiger partial charge in [-0.2, -0.15) is 4.99 Å². The normalized spacial score (nSPS) is 13.4. The van der Waals surface area contributed by atoms with Crippen molar-refractivity contribution in [3.05, 3.63) is 52.3 Å². The van der Waals surface area contributed by atoms with Crippen molar-refractivity contribution < 1.29 is 19.1 Å². The number of thiazole rings is 1. The van der Waals surface area contributed by atoms with Gasteiger partial charge in [0.05, 0.1) is 16.8 Å². The van der Waals surface area contributed by atoms with Gasteiger partial charge in [0.2, 0.25) is 0 Å².